The van der Waals surface area contributed by atoms with Crippen LogP contribution >= 0.6 is 0 Å². The third kappa shape index (κ3) is 1.98. The average molecular weight is 210 g/mol. The molecule has 1 amide bonds. The Morgan fingerprint density at radius 1 is 1.60 bits per heavy atom. The van der Waals surface area contributed by atoms with E-state index >= 15 is 0 Å². The van der Waals surface area contributed by atoms with Crippen molar-refractivity contribution in [1.29, 1.82) is 0 Å². The zero-order chi connectivity index (χ0) is 10.8. The molecule has 0 aromatic carbocycles. The van der Waals surface area contributed by atoms with E-state index in [4.69, 9.17) is 5.11 Å². The lowest BCUT2D eigenvalue weighted by Crippen LogP contribution is -2.50. The molecule has 1 aromatic rings. The lowest BCUT2D eigenvalue weighted by molar-refractivity contribution is -0.139. The van der Waals surface area contributed by atoms with Crippen LogP contribution in [0.15, 0.2) is 16.9 Å². The van der Waals surface area contributed by atoms with E-state index in [1.807, 2.05) is 0 Å². The van der Waals surface area contributed by atoms with E-state index in [-0.39, 0.29) is 23.9 Å². The van der Waals surface area contributed by atoms with Crippen molar-refractivity contribution in [3.8, 4) is 0 Å². The van der Waals surface area contributed by atoms with E-state index in [2.05, 4.69) is 9.68 Å². The van der Waals surface area contributed by atoms with Gasteiger partial charge in [-0.25, -0.2) is 0 Å². The zero-order valence-corrected chi connectivity index (χ0v) is 7.92. The molecule has 80 valence electrons. The number of rotatable bonds is 3. The molecule has 0 bridgehead atoms. The molecule has 6 nitrogen and oxygen atoms in total. The number of carboxylic acid groups (broad SMARTS) is 1. The van der Waals surface area contributed by atoms with Crippen molar-refractivity contribution in [2.75, 3.05) is 13.1 Å². The van der Waals surface area contributed by atoms with Crippen LogP contribution in [0, 0.1) is 5.92 Å². The number of hydrogen-bond donors (Lipinski definition) is 1. The maximum absolute atomic E-state index is 11.6. The highest BCUT2D eigenvalue weighted by molar-refractivity contribution is 5.92. The lowest BCUT2D eigenvalue weighted by Gasteiger charge is -2.37. The quantitative estimate of drug-likeness (QED) is 0.771. The first-order valence-corrected chi connectivity index (χ1v) is 4.58. The first kappa shape index (κ1) is 9.70. The Hall–Kier alpha value is -1.85. The molecule has 2 rings (SSSR count). The fourth-order valence-corrected chi connectivity index (χ4v) is 1.60. The SMILES string of the molecule is O=C(O)CC1CN(C(=O)c2ccon2)C1. The van der Waals surface area contributed by atoms with Crippen LogP contribution in [0.2, 0.25) is 0 Å². The van der Waals surface area contributed by atoms with Crippen LogP contribution in [0.4, 0.5) is 0 Å². The first-order chi connectivity index (χ1) is 7.16. The molecular formula is C9H10N2O4. The summed E-state index contributed by atoms with van der Waals surface area (Å²) in [4.78, 5) is 23.5. The Morgan fingerprint density at radius 3 is 2.87 bits per heavy atom. The van der Waals surface area contributed by atoms with Crippen LogP contribution < -0.4 is 0 Å². The predicted octanol–water partition coefficient (Wildman–Crippen LogP) is 0.221. The molecule has 1 N–H and O–H groups in total. The van der Waals surface area contributed by atoms with Crippen LogP contribution in [0.25, 0.3) is 0 Å². The summed E-state index contributed by atoms with van der Waals surface area (Å²) in [6.07, 6.45) is 1.45. The molecular weight excluding hydrogens is 200 g/mol. The molecule has 0 atom stereocenters. The predicted molar refractivity (Wildman–Crippen MR) is 48.1 cm³/mol. The van der Waals surface area contributed by atoms with Crippen LogP contribution in [0.3, 0.4) is 0 Å². The van der Waals surface area contributed by atoms with Crippen molar-refractivity contribution in [3.63, 3.8) is 0 Å². The minimum Gasteiger partial charge on any atom is -0.481 e. The van der Waals surface area contributed by atoms with E-state index in [0.29, 0.717) is 13.1 Å². The third-order valence-electron chi connectivity index (χ3n) is 2.36. The van der Waals surface area contributed by atoms with Crippen LogP contribution in [-0.2, 0) is 4.79 Å². The number of aliphatic carboxylic acids is 1. The topological polar surface area (TPSA) is 83.6 Å². The van der Waals surface area contributed by atoms with Gasteiger partial charge in [0.25, 0.3) is 5.91 Å². The summed E-state index contributed by atoms with van der Waals surface area (Å²) in [5.41, 5.74) is 0.267. The Bertz CT molecular complexity index is 367. The molecule has 1 saturated heterocycles. The van der Waals surface area contributed by atoms with Crippen molar-refractivity contribution in [2.45, 2.75) is 6.42 Å². The van der Waals surface area contributed by atoms with Crippen molar-refractivity contribution < 1.29 is 19.2 Å². The summed E-state index contributed by atoms with van der Waals surface area (Å²) in [7, 11) is 0. The van der Waals surface area contributed by atoms with Gasteiger partial charge in [-0.05, 0) is 0 Å². The number of carbonyl (C=O) groups is 2. The van der Waals surface area contributed by atoms with Crippen LogP contribution in [0.1, 0.15) is 16.9 Å². The largest absolute Gasteiger partial charge is 0.481 e. The molecule has 0 aliphatic carbocycles. The molecule has 1 aromatic heterocycles. The van der Waals surface area contributed by atoms with Gasteiger partial charge < -0.3 is 14.5 Å². The highest BCUT2D eigenvalue weighted by Gasteiger charge is 2.33. The summed E-state index contributed by atoms with van der Waals surface area (Å²) in [5.74, 6) is -0.961. The van der Waals surface area contributed by atoms with Crippen molar-refractivity contribution in [2.24, 2.45) is 5.92 Å². The van der Waals surface area contributed by atoms with Gasteiger partial charge in [0.2, 0.25) is 0 Å². The van der Waals surface area contributed by atoms with Gasteiger partial charge in [0.15, 0.2) is 5.69 Å². The van der Waals surface area contributed by atoms with E-state index in [0.717, 1.165) is 0 Å². The maximum Gasteiger partial charge on any atom is 0.303 e. The molecule has 0 unspecified atom stereocenters. The minimum atomic E-state index is -0.825. The molecule has 15 heavy (non-hydrogen) atoms. The second-order valence-corrected chi connectivity index (χ2v) is 3.56. The standard InChI is InChI=1S/C9H10N2O4/c12-8(13)3-6-4-11(5-6)9(14)7-1-2-15-10-7/h1-2,6H,3-5H2,(H,12,13). The maximum atomic E-state index is 11.6. The Balaban J connectivity index is 1.85. The average Bonchev–Trinajstić information content (AvgIpc) is 2.61. The summed E-state index contributed by atoms with van der Waals surface area (Å²) >= 11 is 0. The Morgan fingerprint density at radius 2 is 2.33 bits per heavy atom. The van der Waals surface area contributed by atoms with Gasteiger partial charge in [0.1, 0.15) is 6.26 Å². The van der Waals surface area contributed by atoms with E-state index in [9.17, 15) is 9.59 Å². The first-order valence-electron chi connectivity index (χ1n) is 4.58. The van der Waals surface area contributed by atoms with Gasteiger partial charge in [0.05, 0.1) is 6.42 Å². The summed E-state index contributed by atoms with van der Waals surface area (Å²) in [6.45, 7) is 0.968. The summed E-state index contributed by atoms with van der Waals surface area (Å²) < 4.78 is 4.55. The molecule has 0 spiro atoms. The fourth-order valence-electron chi connectivity index (χ4n) is 1.60. The third-order valence-corrected chi connectivity index (χ3v) is 2.36. The second kappa shape index (κ2) is 3.72. The number of amides is 1. The fraction of sp³-hybridized carbons (Fsp3) is 0.444. The van der Waals surface area contributed by atoms with Crippen molar-refractivity contribution in [1.82, 2.24) is 10.1 Å². The highest BCUT2D eigenvalue weighted by atomic mass is 16.5. The normalized spacial score (nSPS) is 16.1. The Kier molecular flexibility index (Phi) is 2.40. The van der Waals surface area contributed by atoms with Crippen LogP contribution in [-0.4, -0.2) is 40.1 Å². The Labute approximate surface area is 85.5 Å². The summed E-state index contributed by atoms with van der Waals surface area (Å²) in [5, 5.41) is 12.0. The molecule has 6 heteroatoms. The van der Waals surface area contributed by atoms with Gasteiger partial charge in [-0.3, -0.25) is 9.59 Å². The van der Waals surface area contributed by atoms with Crippen molar-refractivity contribution >= 4 is 11.9 Å². The molecule has 1 aliphatic rings. The van der Waals surface area contributed by atoms with Crippen molar-refractivity contribution in [3.05, 3.63) is 18.0 Å². The summed E-state index contributed by atoms with van der Waals surface area (Å²) in [6, 6.07) is 1.49. The van der Waals surface area contributed by atoms with E-state index < -0.39 is 5.97 Å². The highest BCUT2D eigenvalue weighted by Crippen LogP contribution is 2.20. The molecule has 0 saturated carbocycles. The molecule has 1 aliphatic heterocycles. The number of hydrogen-bond acceptors (Lipinski definition) is 4. The number of nitrogens with zero attached hydrogens (tertiary/aromatic N) is 2. The van der Waals surface area contributed by atoms with Gasteiger partial charge >= 0.3 is 5.97 Å². The second-order valence-electron chi connectivity index (χ2n) is 3.56. The number of aromatic nitrogens is 1. The zero-order valence-electron chi connectivity index (χ0n) is 7.92. The van der Waals surface area contributed by atoms with Gasteiger partial charge in [-0.15, -0.1) is 0 Å². The molecule has 1 fully saturated rings. The van der Waals surface area contributed by atoms with Crippen LogP contribution in [0.5, 0.6) is 0 Å². The lowest BCUT2D eigenvalue weighted by atomic mass is 9.96. The molecule has 2 heterocycles. The van der Waals surface area contributed by atoms with Gasteiger partial charge in [0, 0.05) is 25.1 Å². The minimum absolute atomic E-state index is 0.0679. The monoisotopic (exact) mass is 210 g/mol. The molecule has 0 radical (unpaired) electrons. The number of carboxylic acids is 1. The number of carbonyl (C=O) groups excluding carboxylic acids is 1. The van der Waals surface area contributed by atoms with Gasteiger partial charge in [-0.2, -0.15) is 0 Å². The smallest absolute Gasteiger partial charge is 0.303 e. The van der Waals surface area contributed by atoms with E-state index in [1.165, 1.54) is 12.3 Å². The van der Waals surface area contributed by atoms with E-state index in [1.54, 1.807) is 4.90 Å². The number of likely N-dealkylation sites (tertiary alicyclic amines) is 1. The van der Waals surface area contributed by atoms with Gasteiger partial charge in [-0.1, -0.05) is 5.16 Å².